The van der Waals surface area contributed by atoms with Crippen LogP contribution in [-0.2, 0) is 22.6 Å². The zero-order valence-corrected chi connectivity index (χ0v) is 16.8. The SMILES string of the molecule is CCOC(=O)c1cn(CC(=O)NCc2ccccc2Cl)c2nc(C)ccc2c1=O. The second-order valence-electron chi connectivity index (χ2n) is 6.41. The number of esters is 1. The Bertz CT molecular complexity index is 1140. The molecule has 0 fully saturated rings. The molecule has 150 valence electrons. The van der Waals surface area contributed by atoms with Crippen LogP contribution in [0.2, 0.25) is 5.02 Å². The van der Waals surface area contributed by atoms with Gasteiger partial charge in [-0.25, -0.2) is 9.78 Å². The average molecular weight is 414 g/mol. The molecule has 0 saturated heterocycles. The van der Waals surface area contributed by atoms with Gasteiger partial charge >= 0.3 is 5.97 Å². The van der Waals surface area contributed by atoms with Crippen molar-refractivity contribution in [2.75, 3.05) is 6.61 Å². The van der Waals surface area contributed by atoms with Crippen molar-refractivity contribution in [3.63, 3.8) is 0 Å². The Balaban J connectivity index is 1.92. The van der Waals surface area contributed by atoms with E-state index in [2.05, 4.69) is 10.3 Å². The third kappa shape index (κ3) is 4.63. The highest BCUT2D eigenvalue weighted by molar-refractivity contribution is 6.31. The minimum atomic E-state index is -0.731. The van der Waals surface area contributed by atoms with E-state index in [0.717, 1.165) is 5.56 Å². The average Bonchev–Trinajstić information content (AvgIpc) is 2.69. The molecule has 3 aromatic rings. The molecule has 0 unspecified atom stereocenters. The number of rotatable bonds is 6. The topological polar surface area (TPSA) is 90.3 Å². The molecule has 0 aliphatic heterocycles. The predicted octanol–water partition coefficient (Wildman–Crippen LogP) is 2.85. The number of halogens is 1. The molecular formula is C21H20ClN3O4. The fourth-order valence-corrected chi connectivity index (χ4v) is 3.08. The van der Waals surface area contributed by atoms with Gasteiger partial charge in [0.25, 0.3) is 0 Å². The first kappa shape index (κ1) is 20.5. The molecule has 1 amide bonds. The molecule has 1 N–H and O–H groups in total. The summed E-state index contributed by atoms with van der Waals surface area (Å²) in [5, 5.41) is 3.60. The first-order valence-corrected chi connectivity index (χ1v) is 9.46. The van der Waals surface area contributed by atoms with Gasteiger partial charge in [0.05, 0.1) is 12.0 Å². The number of hydrogen-bond acceptors (Lipinski definition) is 5. The molecule has 0 saturated carbocycles. The molecule has 1 aromatic carbocycles. The summed E-state index contributed by atoms with van der Waals surface area (Å²) in [5.74, 6) is -1.04. The number of carbonyl (C=O) groups excluding carboxylic acids is 2. The smallest absolute Gasteiger partial charge is 0.343 e. The zero-order valence-electron chi connectivity index (χ0n) is 16.1. The summed E-state index contributed by atoms with van der Waals surface area (Å²) in [6.45, 7) is 3.72. The minimum Gasteiger partial charge on any atom is -0.462 e. The van der Waals surface area contributed by atoms with E-state index in [-0.39, 0.29) is 36.6 Å². The van der Waals surface area contributed by atoms with Gasteiger partial charge in [-0.2, -0.15) is 0 Å². The Morgan fingerprint density at radius 1 is 1.21 bits per heavy atom. The molecule has 2 heterocycles. The number of fused-ring (bicyclic) bond motifs is 1. The lowest BCUT2D eigenvalue weighted by atomic mass is 10.2. The maximum atomic E-state index is 12.7. The van der Waals surface area contributed by atoms with Crippen molar-refractivity contribution < 1.29 is 14.3 Å². The van der Waals surface area contributed by atoms with Gasteiger partial charge in [0.15, 0.2) is 0 Å². The van der Waals surface area contributed by atoms with Gasteiger partial charge in [-0.15, -0.1) is 0 Å². The van der Waals surface area contributed by atoms with Crippen molar-refractivity contribution in [1.29, 1.82) is 0 Å². The van der Waals surface area contributed by atoms with Crippen molar-refractivity contribution in [1.82, 2.24) is 14.9 Å². The molecule has 0 spiro atoms. The van der Waals surface area contributed by atoms with Crippen LogP contribution in [-0.4, -0.2) is 28.0 Å². The molecule has 3 rings (SSSR count). The molecule has 8 heteroatoms. The molecule has 0 bridgehead atoms. The van der Waals surface area contributed by atoms with Crippen LogP contribution in [0.25, 0.3) is 11.0 Å². The van der Waals surface area contributed by atoms with Crippen LogP contribution in [0.4, 0.5) is 0 Å². The Kier molecular flexibility index (Phi) is 6.29. The van der Waals surface area contributed by atoms with Crippen LogP contribution >= 0.6 is 11.6 Å². The van der Waals surface area contributed by atoms with Crippen molar-refractivity contribution in [2.45, 2.75) is 26.9 Å². The van der Waals surface area contributed by atoms with E-state index in [4.69, 9.17) is 16.3 Å². The summed E-state index contributed by atoms with van der Waals surface area (Å²) in [7, 11) is 0. The van der Waals surface area contributed by atoms with Crippen LogP contribution in [0.3, 0.4) is 0 Å². The molecule has 0 radical (unpaired) electrons. The van der Waals surface area contributed by atoms with Crippen molar-refractivity contribution in [2.24, 2.45) is 0 Å². The van der Waals surface area contributed by atoms with Gasteiger partial charge in [0.2, 0.25) is 11.3 Å². The maximum Gasteiger partial charge on any atom is 0.343 e. The lowest BCUT2D eigenvalue weighted by Gasteiger charge is -2.13. The van der Waals surface area contributed by atoms with Gasteiger partial charge < -0.3 is 14.6 Å². The van der Waals surface area contributed by atoms with Gasteiger partial charge in [-0.1, -0.05) is 29.8 Å². The number of nitrogens with one attached hydrogen (secondary N) is 1. The lowest BCUT2D eigenvalue weighted by Crippen LogP contribution is -2.29. The number of pyridine rings is 2. The van der Waals surface area contributed by atoms with Crippen LogP contribution in [0.15, 0.2) is 47.4 Å². The van der Waals surface area contributed by atoms with E-state index in [1.165, 1.54) is 10.8 Å². The second-order valence-corrected chi connectivity index (χ2v) is 6.82. The summed E-state index contributed by atoms with van der Waals surface area (Å²) in [4.78, 5) is 41.8. The number of nitrogens with zero attached hydrogens (tertiary/aromatic N) is 2. The van der Waals surface area contributed by atoms with Crippen LogP contribution in [0.5, 0.6) is 0 Å². The summed E-state index contributed by atoms with van der Waals surface area (Å²) in [6.07, 6.45) is 1.32. The summed E-state index contributed by atoms with van der Waals surface area (Å²) >= 11 is 6.11. The highest BCUT2D eigenvalue weighted by Gasteiger charge is 2.18. The Morgan fingerprint density at radius 3 is 2.69 bits per heavy atom. The van der Waals surface area contributed by atoms with E-state index in [0.29, 0.717) is 16.4 Å². The Labute approximate surface area is 172 Å². The molecule has 0 atom stereocenters. The summed E-state index contributed by atoms with van der Waals surface area (Å²) < 4.78 is 6.46. The van der Waals surface area contributed by atoms with E-state index in [1.54, 1.807) is 32.0 Å². The molecule has 2 aromatic heterocycles. The summed E-state index contributed by atoms with van der Waals surface area (Å²) in [6, 6.07) is 10.5. The second kappa shape index (κ2) is 8.87. The number of carbonyl (C=O) groups is 2. The molecule has 29 heavy (non-hydrogen) atoms. The standard InChI is InChI=1S/C21H20ClN3O4/c1-3-29-21(28)16-11-25(20-15(19(16)27)9-8-13(2)24-20)12-18(26)23-10-14-6-4-5-7-17(14)22/h4-9,11H,3,10,12H2,1-2H3,(H,23,26). The number of hydrogen-bond donors (Lipinski definition) is 1. The normalized spacial score (nSPS) is 10.7. The molecule has 7 nitrogen and oxygen atoms in total. The van der Waals surface area contributed by atoms with E-state index in [9.17, 15) is 14.4 Å². The van der Waals surface area contributed by atoms with Crippen molar-refractivity contribution >= 4 is 34.5 Å². The van der Waals surface area contributed by atoms with Crippen molar-refractivity contribution in [3.05, 3.63) is 74.7 Å². The largest absolute Gasteiger partial charge is 0.462 e. The molecule has 0 aliphatic carbocycles. The Morgan fingerprint density at radius 2 is 1.97 bits per heavy atom. The van der Waals surface area contributed by atoms with Crippen LogP contribution in [0.1, 0.15) is 28.5 Å². The van der Waals surface area contributed by atoms with Crippen LogP contribution in [0, 0.1) is 6.92 Å². The van der Waals surface area contributed by atoms with E-state index in [1.807, 2.05) is 18.2 Å². The lowest BCUT2D eigenvalue weighted by molar-refractivity contribution is -0.121. The number of ether oxygens (including phenoxy) is 1. The number of aryl methyl sites for hydroxylation is 1. The molecular weight excluding hydrogens is 394 g/mol. The predicted molar refractivity (Wildman–Crippen MR) is 110 cm³/mol. The van der Waals surface area contributed by atoms with Gasteiger partial charge in [-0.3, -0.25) is 9.59 Å². The third-order valence-corrected chi connectivity index (χ3v) is 4.67. The fraction of sp³-hybridized carbons (Fsp3) is 0.238. The summed E-state index contributed by atoms with van der Waals surface area (Å²) in [5.41, 5.74) is 1.19. The first-order chi connectivity index (χ1) is 13.9. The van der Waals surface area contributed by atoms with E-state index >= 15 is 0 Å². The zero-order chi connectivity index (χ0) is 21.0. The Hall–Kier alpha value is -3.19. The fourth-order valence-electron chi connectivity index (χ4n) is 2.88. The monoisotopic (exact) mass is 413 g/mol. The number of aromatic nitrogens is 2. The third-order valence-electron chi connectivity index (χ3n) is 4.30. The molecule has 0 aliphatic rings. The maximum absolute atomic E-state index is 12.7. The highest BCUT2D eigenvalue weighted by Crippen LogP contribution is 2.15. The minimum absolute atomic E-state index is 0.121. The number of amides is 1. The van der Waals surface area contributed by atoms with Gasteiger partial charge in [0, 0.05) is 23.5 Å². The quantitative estimate of drug-likeness (QED) is 0.627. The van der Waals surface area contributed by atoms with Gasteiger partial charge in [-0.05, 0) is 37.6 Å². The number of benzene rings is 1. The van der Waals surface area contributed by atoms with E-state index < -0.39 is 11.4 Å². The van der Waals surface area contributed by atoms with Crippen molar-refractivity contribution in [3.8, 4) is 0 Å². The first-order valence-electron chi connectivity index (χ1n) is 9.08. The highest BCUT2D eigenvalue weighted by atomic mass is 35.5. The van der Waals surface area contributed by atoms with Crippen LogP contribution < -0.4 is 10.7 Å². The van der Waals surface area contributed by atoms with Gasteiger partial charge in [0.1, 0.15) is 17.8 Å².